The minimum atomic E-state index is -0.536. The molecule has 0 fully saturated rings. The maximum Gasteiger partial charge on any atom is 0.325 e. The van der Waals surface area contributed by atoms with Crippen LogP contribution in [0.5, 0.6) is 0 Å². The molecule has 0 saturated carbocycles. The molecule has 0 bridgehead atoms. The van der Waals surface area contributed by atoms with Crippen molar-refractivity contribution in [3.05, 3.63) is 34.8 Å². The predicted molar refractivity (Wildman–Crippen MR) is 83.7 cm³/mol. The first-order valence-electron chi connectivity index (χ1n) is 6.12. The summed E-state index contributed by atoms with van der Waals surface area (Å²) >= 11 is 2.59. The van der Waals surface area contributed by atoms with Crippen LogP contribution in [0.15, 0.2) is 28.0 Å². The number of imide groups is 1. The molecule has 110 valence electrons. The second kappa shape index (κ2) is 7.19. The number of carbonyl (C=O) groups excluding carboxylic acids is 2. The maximum absolute atomic E-state index is 11.8. The van der Waals surface area contributed by atoms with E-state index in [1.165, 1.54) is 23.1 Å². The molecule has 0 radical (unpaired) electrons. The summed E-state index contributed by atoms with van der Waals surface area (Å²) in [6.45, 7) is 3.88. The van der Waals surface area contributed by atoms with Crippen molar-refractivity contribution in [1.82, 2.24) is 15.5 Å². The lowest BCUT2D eigenvalue weighted by molar-refractivity contribution is -0.117. The monoisotopic (exact) mass is 322 g/mol. The zero-order valence-electron chi connectivity index (χ0n) is 11.5. The standard InChI is InChI=1S/C13H14N4O2S2/c1-8-4-3-5-10(9(8)2)15-12(19)16-11(18)6-20-13-17-14-7-21-13/h3-5,7H,6H2,1-2H3,(H2,15,16,18,19). The zero-order valence-corrected chi connectivity index (χ0v) is 13.2. The molecule has 8 heteroatoms. The Morgan fingerprint density at radius 2 is 2.14 bits per heavy atom. The fourth-order valence-corrected chi connectivity index (χ4v) is 2.84. The van der Waals surface area contributed by atoms with Crippen molar-refractivity contribution >= 4 is 40.7 Å². The summed E-state index contributed by atoms with van der Waals surface area (Å²) in [6, 6.07) is 5.07. The predicted octanol–water partition coefficient (Wildman–Crippen LogP) is 2.60. The average molecular weight is 322 g/mol. The number of urea groups is 1. The van der Waals surface area contributed by atoms with Gasteiger partial charge in [-0.05, 0) is 31.0 Å². The molecule has 0 spiro atoms. The quantitative estimate of drug-likeness (QED) is 0.845. The molecule has 6 nitrogen and oxygen atoms in total. The van der Waals surface area contributed by atoms with Crippen LogP contribution in [-0.2, 0) is 4.79 Å². The fourth-order valence-electron chi connectivity index (χ4n) is 1.56. The van der Waals surface area contributed by atoms with Gasteiger partial charge in [0.05, 0.1) is 5.75 Å². The van der Waals surface area contributed by atoms with E-state index in [1.807, 2.05) is 26.0 Å². The summed E-state index contributed by atoms with van der Waals surface area (Å²) in [5, 5.41) is 12.4. The van der Waals surface area contributed by atoms with Gasteiger partial charge in [-0.3, -0.25) is 10.1 Å². The number of aryl methyl sites for hydroxylation is 1. The van der Waals surface area contributed by atoms with Crippen molar-refractivity contribution in [2.75, 3.05) is 11.1 Å². The normalized spacial score (nSPS) is 10.2. The van der Waals surface area contributed by atoms with Crippen LogP contribution in [0.3, 0.4) is 0 Å². The van der Waals surface area contributed by atoms with Gasteiger partial charge in [0, 0.05) is 5.69 Å². The van der Waals surface area contributed by atoms with Gasteiger partial charge in [-0.1, -0.05) is 35.2 Å². The third-order valence-corrected chi connectivity index (χ3v) is 4.63. The van der Waals surface area contributed by atoms with Crippen molar-refractivity contribution < 1.29 is 9.59 Å². The number of amides is 3. The van der Waals surface area contributed by atoms with E-state index in [4.69, 9.17) is 0 Å². The molecule has 0 aliphatic rings. The molecule has 0 atom stereocenters. The largest absolute Gasteiger partial charge is 0.325 e. The molecule has 21 heavy (non-hydrogen) atoms. The van der Waals surface area contributed by atoms with Crippen LogP contribution < -0.4 is 10.6 Å². The summed E-state index contributed by atoms with van der Waals surface area (Å²) in [7, 11) is 0. The van der Waals surface area contributed by atoms with Gasteiger partial charge in [-0.15, -0.1) is 10.2 Å². The van der Waals surface area contributed by atoms with Gasteiger partial charge in [0.15, 0.2) is 4.34 Å². The summed E-state index contributed by atoms with van der Waals surface area (Å²) in [4.78, 5) is 23.4. The van der Waals surface area contributed by atoms with Gasteiger partial charge in [0.25, 0.3) is 0 Å². The first-order valence-corrected chi connectivity index (χ1v) is 7.99. The molecule has 0 unspecified atom stereocenters. The lowest BCUT2D eigenvalue weighted by atomic mass is 10.1. The minimum absolute atomic E-state index is 0.120. The van der Waals surface area contributed by atoms with Crippen LogP contribution in [-0.4, -0.2) is 27.9 Å². The van der Waals surface area contributed by atoms with Gasteiger partial charge in [0.2, 0.25) is 5.91 Å². The minimum Gasteiger partial charge on any atom is -0.307 e. The fraction of sp³-hybridized carbons (Fsp3) is 0.231. The molecular weight excluding hydrogens is 308 g/mol. The van der Waals surface area contributed by atoms with Crippen LogP contribution in [0.4, 0.5) is 10.5 Å². The van der Waals surface area contributed by atoms with Crippen LogP contribution in [0.2, 0.25) is 0 Å². The van der Waals surface area contributed by atoms with Gasteiger partial charge in [-0.25, -0.2) is 4.79 Å². The Kier molecular flexibility index (Phi) is 5.29. The average Bonchev–Trinajstić information content (AvgIpc) is 2.95. The molecule has 0 aliphatic carbocycles. The second-order valence-electron chi connectivity index (χ2n) is 4.24. The number of aromatic nitrogens is 2. The molecular formula is C13H14N4O2S2. The number of anilines is 1. The van der Waals surface area contributed by atoms with Crippen molar-refractivity contribution in [3.8, 4) is 0 Å². The Morgan fingerprint density at radius 3 is 2.86 bits per heavy atom. The number of hydrogen-bond acceptors (Lipinski definition) is 6. The lowest BCUT2D eigenvalue weighted by Crippen LogP contribution is -2.35. The number of hydrogen-bond donors (Lipinski definition) is 2. The molecule has 0 aliphatic heterocycles. The van der Waals surface area contributed by atoms with Crippen molar-refractivity contribution in [1.29, 1.82) is 0 Å². The first-order chi connectivity index (χ1) is 10.1. The van der Waals surface area contributed by atoms with Gasteiger partial charge in [0.1, 0.15) is 5.51 Å². The van der Waals surface area contributed by atoms with E-state index in [9.17, 15) is 9.59 Å². The number of nitrogens with zero attached hydrogens (tertiary/aromatic N) is 2. The molecule has 2 N–H and O–H groups in total. The summed E-state index contributed by atoms with van der Waals surface area (Å²) in [5.41, 5.74) is 4.33. The first kappa shape index (κ1) is 15.5. The van der Waals surface area contributed by atoms with Crippen molar-refractivity contribution in [2.24, 2.45) is 0 Å². The molecule has 1 heterocycles. The van der Waals surface area contributed by atoms with Crippen LogP contribution in [0, 0.1) is 13.8 Å². The Morgan fingerprint density at radius 1 is 1.33 bits per heavy atom. The number of rotatable bonds is 4. The number of thioether (sulfide) groups is 1. The van der Waals surface area contributed by atoms with Gasteiger partial charge >= 0.3 is 6.03 Å². The molecule has 1 aromatic carbocycles. The van der Waals surface area contributed by atoms with Gasteiger partial charge < -0.3 is 5.32 Å². The van der Waals surface area contributed by atoms with Crippen LogP contribution in [0.1, 0.15) is 11.1 Å². The molecule has 0 saturated heterocycles. The molecule has 2 rings (SSSR count). The Bertz CT molecular complexity index is 644. The summed E-state index contributed by atoms with van der Waals surface area (Å²) in [5.74, 6) is -0.256. The summed E-state index contributed by atoms with van der Waals surface area (Å²) in [6.07, 6.45) is 0. The Balaban J connectivity index is 1.83. The van der Waals surface area contributed by atoms with E-state index in [1.54, 1.807) is 11.6 Å². The summed E-state index contributed by atoms with van der Waals surface area (Å²) < 4.78 is 0.695. The van der Waals surface area contributed by atoms with E-state index >= 15 is 0 Å². The highest BCUT2D eigenvalue weighted by Gasteiger charge is 2.11. The Hall–Kier alpha value is -1.93. The van der Waals surface area contributed by atoms with E-state index in [0.717, 1.165) is 11.1 Å². The van der Waals surface area contributed by atoms with E-state index < -0.39 is 6.03 Å². The maximum atomic E-state index is 11.8. The van der Waals surface area contributed by atoms with Crippen molar-refractivity contribution in [3.63, 3.8) is 0 Å². The van der Waals surface area contributed by atoms with E-state index in [-0.39, 0.29) is 11.7 Å². The van der Waals surface area contributed by atoms with E-state index in [0.29, 0.717) is 10.0 Å². The Labute approximate surface area is 130 Å². The molecule has 1 aromatic heterocycles. The highest BCUT2D eigenvalue weighted by Crippen LogP contribution is 2.19. The number of benzene rings is 1. The highest BCUT2D eigenvalue weighted by molar-refractivity contribution is 8.01. The van der Waals surface area contributed by atoms with Crippen LogP contribution in [0.25, 0.3) is 0 Å². The number of nitrogens with one attached hydrogen (secondary N) is 2. The SMILES string of the molecule is Cc1cccc(NC(=O)NC(=O)CSc2nncs2)c1C. The third kappa shape index (κ3) is 4.54. The zero-order chi connectivity index (χ0) is 15.2. The van der Waals surface area contributed by atoms with E-state index in [2.05, 4.69) is 20.8 Å². The smallest absolute Gasteiger partial charge is 0.307 e. The van der Waals surface area contributed by atoms with Gasteiger partial charge in [-0.2, -0.15) is 0 Å². The molecule has 3 amide bonds. The number of carbonyl (C=O) groups is 2. The van der Waals surface area contributed by atoms with Crippen molar-refractivity contribution in [2.45, 2.75) is 18.2 Å². The third-order valence-electron chi connectivity index (χ3n) is 2.77. The van der Waals surface area contributed by atoms with Crippen LogP contribution >= 0.6 is 23.1 Å². The second-order valence-corrected chi connectivity index (χ2v) is 6.30. The molecule has 2 aromatic rings. The highest BCUT2D eigenvalue weighted by atomic mass is 32.2. The topological polar surface area (TPSA) is 84.0 Å². The lowest BCUT2D eigenvalue weighted by Gasteiger charge is -2.10.